The number of aryl methyl sites for hydroxylation is 1. The molecule has 9 nitrogen and oxygen atoms in total. The van der Waals surface area contributed by atoms with Crippen LogP contribution in [0.1, 0.15) is 16.1 Å². The molecule has 0 saturated carbocycles. The normalized spacial score (nSPS) is 11.3. The van der Waals surface area contributed by atoms with Crippen LogP contribution in [0.15, 0.2) is 53.4 Å². The van der Waals surface area contributed by atoms with Gasteiger partial charge < -0.3 is 5.32 Å². The first-order chi connectivity index (χ1) is 13.6. The first kappa shape index (κ1) is 20.5. The number of carbonyl (C=O) groups is 1. The van der Waals surface area contributed by atoms with Gasteiger partial charge in [-0.3, -0.25) is 14.9 Å². The van der Waals surface area contributed by atoms with E-state index in [1.807, 2.05) is 0 Å². The molecule has 11 heteroatoms. The van der Waals surface area contributed by atoms with Gasteiger partial charge in [0.15, 0.2) is 9.84 Å². The average Bonchev–Trinajstić information content (AvgIpc) is 3.01. The number of anilines is 1. The molecule has 1 amide bonds. The van der Waals surface area contributed by atoms with Crippen molar-refractivity contribution < 1.29 is 18.1 Å². The molecular formula is C18H15ClN4O5S. The third-order valence-electron chi connectivity index (χ3n) is 3.97. The molecule has 29 heavy (non-hydrogen) atoms. The molecule has 0 spiro atoms. The van der Waals surface area contributed by atoms with Crippen molar-refractivity contribution in [2.75, 3.05) is 11.6 Å². The molecule has 0 radical (unpaired) electrons. The van der Waals surface area contributed by atoms with Crippen LogP contribution in [0.5, 0.6) is 0 Å². The Morgan fingerprint density at radius 3 is 2.41 bits per heavy atom. The van der Waals surface area contributed by atoms with Gasteiger partial charge in [0.05, 0.1) is 26.2 Å². The van der Waals surface area contributed by atoms with Crippen LogP contribution in [0.4, 0.5) is 11.5 Å². The number of rotatable bonds is 5. The van der Waals surface area contributed by atoms with Crippen LogP contribution in [0.25, 0.3) is 5.69 Å². The number of sulfone groups is 1. The number of nitrogens with zero attached hydrogens (tertiary/aromatic N) is 3. The zero-order chi connectivity index (χ0) is 21.3. The second kappa shape index (κ2) is 7.64. The lowest BCUT2D eigenvalue weighted by atomic mass is 10.2. The van der Waals surface area contributed by atoms with Gasteiger partial charge in [-0.05, 0) is 37.3 Å². The fourth-order valence-corrected chi connectivity index (χ4v) is 3.92. The van der Waals surface area contributed by atoms with Gasteiger partial charge in [0, 0.05) is 30.0 Å². The van der Waals surface area contributed by atoms with E-state index in [1.165, 1.54) is 47.1 Å². The van der Waals surface area contributed by atoms with Gasteiger partial charge in [-0.25, -0.2) is 13.1 Å². The number of nitro benzene ring substituents is 1. The lowest BCUT2D eigenvalue weighted by molar-refractivity contribution is -0.384. The maximum Gasteiger partial charge on any atom is 0.269 e. The number of benzene rings is 2. The van der Waals surface area contributed by atoms with Gasteiger partial charge in [-0.15, -0.1) is 0 Å². The number of nitro groups is 1. The van der Waals surface area contributed by atoms with Crippen molar-refractivity contribution >= 4 is 38.9 Å². The molecule has 1 N–H and O–H groups in total. The van der Waals surface area contributed by atoms with Crippen LogP contribution >= 0.6 is 11.6 Å². The van der Waals surface area contributed by atoms with E-state index < -0.39 is 20.7 Å². The molecular weight excluding hydrogens is 420 g/mol. The van der Waals surface area contributed by atoms with E-state index in [1.54, 1.807) is 13.0 Å². The summed E-state index contributed by atoms with van der Waals surface area (Å²) >= 11 is 5.92. The summed E-state index contributed by atoms with van der Waals surface area (Å²) in [6.45, 7) is 1.72. The van der Waals surface area contributed by atoms with E-state index in [2.05, 4.69) is 10.4 Å². The smallest absolute Gasteiger partial charge is 0.269 e. The van der Waals surface area contributed by atoms with Crippen LogP contribution in [0.3, 0.4) is 0 Å². The molecule has 1 heterocycles. The van der Waals surface area contributed by atoms with E-state index >= 15 is 0 Å². The molecule has 0 aliphatic rings. The Balaban J connectivity index is 1.94. The Kier molecular flexibility index (Phi) is 5.40. The van der Waals surface area contributed by atoms with E-state index in [0.717, 1.165) is 6.26 Å². The molecule has 0 unspecified atom stereocenters. The maximum absolute atomic E-state index is 12.7. The second-order valence-corrected chi connectivity index (χ2v) is 8.62. The van der Waals surface area contributed by atoms with Crippen molar-refractivity contribution in [1.29, 1.82) is 0 Å². The van der Waals surface area contributed by atoms with Crippen molar-refractivity contribution in [1.82, 2.24) is 9.78 Å². The Hall–Kier alpha value is -3.24. The Morgan fingerprint density at radius 1 is 1.17 bits per heavy atom. The fourth-order valence-electron chi connectivity index (χ4n) is 2.62. The van der Waals surface area contributed by atoms with Crippen molar-refractivity contribution in [3.63, 3.8) is 0 Å². The summed E-state index contributed by atoms with van der Waals surface area (Å²) in [5.41, 5.74) is 1.14. The highest BCUT2D eigenvalue weighted by molar-refractivity contribution is 7.90. The molecule has 0 saturated heterocycles. The summed E-state index contributed by atoms with van der Waals surface area (Å²) in [5.74, 6) is -0.244. The average molecular weight is 435 g/mol. The topological polar surface area (TPSA) is 124 Å². The molecule has 150 valence electrons. The number of carbonyl (C=O) groups excluding carboxylic acids is 1. The number of nitrogens with one attached hydrogen (secondary N) is 1. The van der Waals surface area contributed by atoms with Crippen molar-refractivity contribution in [3.8, 4) is 5.69 Å². The number of hydrogen-bond donors (Lipinski definition) is 1. The Morgan fingerprint density at radius 2 is 1.83 bits per heavy atom. The summed E-state index contributed by atoms with van der Waals surface area (Å²) in [6.07, 6.45) is 1.00. The third kappa shape index (κ3) is 4.44. The highest BCUT2D eigenvalue weighted by atomic mass is 35.5. The fraction of sp³-hybridized carbons (Fsp3) is 0.111. The lowest BCUT2D eigenvalue weighted by Gasteiger charge is -2.10. The van der Waals surface area contributed by atoms with Gasteiger partial charge in [0.1, 0.15) is 5.82 Å². The largest absolute Gasteiger partial charge is 0.306 e. The minimum atomic E-state index is -3.61. The van der Waals surface area contributed by atoms with Crippen LogP contribution in [-0.4, -0.2) is 35.3 Å². The SMILES string of the molecule is Cc1cc(NC(=O)c2ccc(Cl)c(S(C)(=O)=O)c2)n(-c2ccc([N+](=O)[O-])cc2)n1. The molecule has 0 bridgehead atoms. The first-order valence-corrected chi connectivity index (χ1v) is 10.5. The Bertz CT molecular complexity index is 1220. The van der Waals surface area contributed by atoms with Gasteiger partial charge in [-0.2, -0.15) is 5.10 Å². The molecule has 2 aromatic carbocycles. The van der Waals surface area contributed by atoms with Gasteiger partial charge >= 0.3 is 0 Å². The highest BCUT2D eigenvalue weighted by Crippen LogP contribution is 2.24. The minimum Gasteiger partial charge on any atom is -0.306 e. The van der Waals surface area contributed by atoms with Gasteiger partial charge in [-0.1, -0.05) is 11.6 Å². The van der Waals surface area contributed by atoms with Crippen LogP contribution < -0.4 is 5.32 Å². The van der Waals surface area contributed by atoms with Gasteiger partial charge in [0.25, 0.3) is 11.6 Å². The second-order valence-electron chi connectivity index (χ2n) is 6.23. The summed E-state index contributed by atoms with van der Waals surface area (Å²) < 4.78 is 25.1. The summed E-state index contributed by atoms with van der Waals surface area (Å²) in [5, 5.41) is 17.8. The zero-order valence-electron chi connectivity index (χ0n) is 15.3. The molecule has 0 fully saturated rings. The molecule has 1 aromatic heterocycles. The Labute approximate surface area is 171 Å². The highest BCUT2D eigenvalue weighted by Gasteiger charge is 2.18. The van der Waals surface area contributed by atoms with E-state index in [9.17, 15) is 23.3 Å². The number of hydrogen-bond acceptors (Lipinski definition) is 6. The third-order valence-corrected chi connectivity index (χ3v) is 5.55. The summed E-state index contributed by atoms with van der Waals surface area (Å²) in [4.78, 5) is 22.8. The van der Waals surface area contributed by atoms with Gasteiger partial charge in [0.2, 0.25) is 0 Å². The molecule has 0 atom stereocenters. The quantitative estimate of drug-likeness (QED) is 0.484. The number of non-ortho nitro benzene ring substituents is 1. The van der Waals surface area contributed by atoms with E-state index in [4.69, 9.17) is 11.6 Å². The van der Waals surface area contributed by atoms with Crippen LogP contribution in [0, 0.1) is 17.0 Å². The van der Waals surface area contributed by atoms with Crippen LogP contribution in [0.2, 0.25) is 5.02 Å². The molecule has 0 aliphatic heterocycles. The zero-order valence-corrected chi connectivity index (χ0v) is 16.9. The lowest BCUT2D eigenvalue weighted by Crippen LogP contribution is -2.16. The molecule has 0 aliphatic carbocycles. The molecule has 3 rings (SSSR count). The van der Waals surface area contributed by atoms with Crippen molar-refractivity contribution in [2.45, 2.75) is 11.8 Å². The number of aromatic nitrogens is 2. The van der Waals surface area contributed by atoms with E-state index in [0.29, 0.717) is 17.2 Å². The van der Waals surface area contributed by atoms with Crippen LogP contribution in [-0.2, 0) is 9.84 Å². The monoisotopic (exact) mass is 434 g/mol. The number of amides is 1. The number of halogens is 1. The van der Waals surface area contributed by atoms with Crippen molar-refractivity contribution in [2.24, 2.45) is 0 Å². The standard InChI is InChI=1S/C18H15ClN4O5S/c1-11-9-17(22(21-11)13-4-6-14(7-5-13)23(25)26)20-18(24)12-3-8-15(19)16(10-12)29(2,27)28/h3-10H,1-2H3,(H,20,24). The minimum absolute atomic E-state index is 0.0239. The predicted molar refractivity (Wildman–Crippen MR) is 107 cm³/mol. The molecule has 3 aromatic rings. The predicted octanol–water partition coefficient (Wildman–Crippen LogP) is 3.40. The van der Waals surface area contributed by atoms with E-state index in [-0.39, 0.29) is 21.2 Å². The summed E-state index contributed by atoms with van der Waals surface area (Å²) in [6, 6.07) is 11.2. The van der Waals surface area contributed by atoms with Crippen molar-refractivity contribution in [3.05, 3.63) is 74.9 Å². The summed E-state index contributed by atoms with van der Waals surface area (Å²) in [7, 11) is -3.61. The first-order valence-electron chi connectivity index (χ1n) is 8.19. The maximum atomic E-state index is 12.7.